The minimum atomic E-state index is -0.348. The van der Waals surface area contributed by atoms with Crippen molar-refractivity contribution in [2.24, 2.45) is 5.92 Å². The van der Waals surface area contributed by atoms with E-state index in [2.05, 4.69) is 22.3 Å². The van der Waals surface area contributed by atoms with Crippen molar-refractivity contribution in [1.29, 1.82) is 0 Å². The predicted molar refractivity (Wildman–Crippen MR) is 98.8 cm³/mol. The summed E-state index contributed by atoms with van der Waals surface area (Å²) in [5.74, 6) is 1.33. The van der Waals surface area contributed by atoms with Gasteiger partial charge in [0, 0.05) is 17.0 Å². The molecule has 0 N–H and O–H groups in total. The van der Waals surface area contributed by atoms with Crippen molar-refractivity contribution in [3.8, 4) is 0 Å². The standard InChI is InChI=1S/C21H20ClFN2O/c22-17-11-6-12-18(23)16(17)13-19-24-21(26-25-19)20(15-9-4-5-10-15)14-7-2-1-3-8-14/h1-3,6-8,11-12,15,20H,4-5,9-10,13H2. The molecule has 134 valence electrons. The fourth-order valence-corrected chi connectivity index (χ4v) is 4.12. The summed E-state index contributed by atoms with van der Waals surface area (Å²) in [6.07, 6.45) is 5.02. The fraction of sp³-hybridized carbons (Fsp3) is 0.333. The van der Waals surface area contributed by atoms with E-state index in [-0.39, 0.29) is 18.2 Å². The minimum absolute atomic E-state index is 0.0936. The Morgan fingerprint density at radius 1 is 1.08 bits per heavy atom. The zero-order chi connectivity index (χ0) is 17.9. The number of aromatic nitrogens is 2. The Kier molecular flexibility index (Phi) is 5.02. The van der Waals surface area contributed by atoms with Crippen LogP contribution < -0.4 is 0 Å². The van der Waals surface area contributed by atoms with Crippen molar-refractivity contribution in [2.45, 2.75) is 38.0 Å². The summed E-state index contributed by atoms with van der Waals surface area (Å²) in [6.45, 7) is 0. The number of nitrogens with zero attached hydrogens (tertiary/aromatic N) is 2. The lowest BCUT2D eigenvalue weighted by Gasteiger charge is -2.20. The average Bonchev–Trinajstić information content (AvgIpc) is 3.32. The summed E-state index contributed by atoms with van der Waals surface area (Å²) in [5.41, 5.74) is 1.59. The molecule has 1 aliphatic carbocycles. The monoisotopic (exact) mass is 370 g/mol. The van der Waals surface area contributed by atoms with Gasteiger partial charge in [0.15, 0.2) is 5.82 Å². The Balaban J connectivity index is 1.64. The third-order valence-electron chi connectivity index (χ3n) is 5.18. The van der Waals surface area contributed by atoms with E-state index in [1.165, 1.54) is 24.5 Å². The topological polar surface area (TPSA) is 38.9 Å². The molecule has 5 heteroatoms. The molecule has 1 fully saturated rings. The summed E-state index contributed by atoms with van der Waals surface area (Å²) in [4.78, 5) is 4.61. The first kappa shape index (κ1) is 17.2. The van der Waals surface area contributed by atoms with Crippen molar-refractivity contribution in [3.63, 3.8) is 0 Å². The van der Waals surface area contributed by atoms with Gasteiger partial charge < -0.3 is 4.52 Å². The van der Waals surface area contributed by atoms with Crippen LogP contribution in [0.2, 0.25) is 5.02 Å². The molecule has 1 saturated carbocycles. The van der Waals surface area contributed by atoms with Crippen molar-refractivity contribution >= 4 is 11.6 Å². The number of halogens is 2. The molecule has 3 aromatic rings. The first-order valence-corrected chi connectivity index (χ1v) is 9.40. The molecule has 1 atom stereocenters. The van der Waals surface area contributed by atoms with Crippen LogP contribution in [0.25, 0.3) is 0 Å². The molecule has 1 heterocycles. The Morgan fingerprint density at radius 2 is 1.85 bits per heavy atom. The van der Waals surface area contributed by atoms with Crippen LogP contribution in [0, 0.1) is 11.7 Å². The van der Waals surface area contributed by atoms with Crippen LogP contribution in [0.15, 0.2) is 53.1 Å². The second-order valence-electron chi connectivity index (χ2n) is 6.86. The summed E-state index contributed by atoms with van der Waals surface area (Å²) >= 11 is 6.12. The molecule has 2 aromatic carbocycles. The molecule has 0 saturated heterocycles. The minimum Gasteiger partial charge on any atom is -0.339 e. The SMILES string of the molecule is Fc1cccc(Cl)c1Cc1noc(C(c2ccccc2)C2CCCC2)n1. The van der Waals surface area contributed by atoms with Gasteiger partial charge in [-0.15, -0.1) is 0 Å². The van der Waals surface area contributed by atoms with E-state index in [0.717, 1.165) is 12.8 Å². The largest absolute Gasteiger partial charge is 0.339 e. The van der Waals surface area contributed by atoms with E-state index in [9.17, 15) is 4.39 Å². The van der Waals surface area contributed by atoms with Crippen LogP contribution in [0.5, 0.6) is 0 Å². The van der Waals surface area contributed by atoms with Gasteiger partial charge in [0.25, 0.3) is 0 Å². The van der Waals surface area contributed by atoms with Gasteiger partial charge in [0.2, 0.25) is 5.89 Å². The van der Waals surface area contributed by atoms with Gasteiger partial charge in [-0.25, -0.2) is 4.39 Å². The molecule has 4 rings (SSSR count). The molecule has 0 aliphatic heterocycles. The van der Waals surface area contributed by atoms with Gasteiger partial charge in [-0.1, -0.05) is 66.0 Å². The van der Waals surface area contributed by atoms with E-state index < -0.39 is 0 Å². The van der Waals surface area contributed by atoms with Gasteiger partial charge in [0.1, 0.15) is 5.82 Å². The molecule has 3 nitrogen and oxygen atoms in total. The summed E-state index contributed by atoms with van der Waals surface area (Å²) < 4.78 is 19.7. The van der Waals surface area contributed by atoms with Crippen molar-refractivity contribution < 1.29 is 8.91 Å². The summed E-state index contributed by atoms with van der Waals surface area (Å²) in [7, 11) is 0. The number of hydrogen-bond acceptors (Lipinski definition) is 3. The van der Waals surface area contributed by atoms with Gasteiger partial charge in [-0.2, -0.15) is 4.98 Å². The number of benzene rings is 2. The quantitative estimate of drug-likeness (QED) is 0.571. The third-order valence-corrected chi connectivity index (χ3v) is 5.53. The molecule has 0 bridgehead atoms. The summed E-state index contributed by atoms with van der Waals surface area (Å²) in [6, 6.07) is 15.0. The van der Waals surface area contributed by atoms with E-state index in [1.54, 1.807) is 12.1 Å². The maximum Gasteiger partial charge on any atom is 0.234 e. The Labute approximate surface area is 157 Å². The van der Waals surface area contributed by atoms with Gasteiger partial charge in [0.05, 0.1) is 5.92 Å². The van der Waals surface area contributed by atoms with Gasteiger partial charge >= 0.3 is 0 Å². The van der Waals surface area contributed by atoms with E-state index in [0.29, 0.717) is 28.2 Å². The zero-order valence-corrected chi connectivity index (χ0v) is 15.1. The highest BCUT2D eigenvalue weighted by atomic mass is 35.5. The molecular formula is C21H20ClFN2O. The van der Waals surface area contributed by atoms with Gasteiger partial charge in [-0.05, 0) is 36.5 Å². The van der Waals surface area contributed by atoms with Crippen molar-refractivity contribution in [2.75, 3.05) is 0 Å². The van der Waals surface area contributed by atoms with Crippen LogP contribution in [0.1, 0.15) is 54.4 Å². The maximum atomic E-state index is 14.0. The molecular weight excluding hydrogens is 351 g/mol. The second-order valence-corrected chi connectivity index (χ2v) is 7.27. The van der Waals surface area contributed by atoms with Crippen LogP contribution in [-0.4, -0.2) is 10.1 Å². The first-order chi connectivity index (χ1) is 12.7. The Bertz CT molecular complexity index is 854. The number of hydrogen-bond donors (Lipinski definition) is 0. The first-order valence-electron chi connectivity index (χ1n) is 9.02. The smallest absolute Gasteiger partial charge is 0.234 e. The molecule has 26 heavy (non-hydrogen) atoms. The van der Waals surface area contributed by atoms with E-state index >= 15 is 0 Å². The highest BCUT2D eigenvalue weighted by molar-refractivity contribution is 6.31. The van der Waals surface area contributed by atoms with Crippen LogP contribution in [-0.2, 0) is 6.42 Å². The second kappa shape index (κ2) is 7.58. The van der Waals surface area contributed by atoms with Crippen molar-refractivity contribution in [3.05, 3.63) is 82.2 Å². The lowest BCUT2D eigenvalue weighted by atomic mass is 9.85. The van der Waals surface area contributed by atoms with Crippen LogP contribution in [0.3, 0.4) is 0 Å². The summed E-state index contributed by atoms with van der Waals surface area (Å²) in [5, 5.41) is 4.48. The molecule has 0 amide bonds. The Morgan fingerprint density at radius 3 is 2.58 bits per heavy atom. The third kappa shape index (κ3) is 3.51. The predicted octanol–water partition coefficient (Wildman–Crippen LogP) is 5.78. The normalized spacial score (nSPS) is 16.1. The molecule has 0 spiro atoms. The van der Waals surface area contributed by atoms with Crippen molar-refractivity contribution in [1.82, 2.24) is 10.1 Å². The lowest BCUT2D eigenvalue weighted by molar-refractivity contribution is 0.325. The maximum absolute atomic E-state index is 14.0. The highest BCUT2D eigenvalue weighted by Crippen LogP contribution is 2.41. The highest BCUT2D eigenvalue weighted by Gasteiger charge is 2.32. The van der Waals surface area contributed by atoms with Gasteiger partial charge in [-0.3, -0.25) is 0 Å². The molecule has 1 aromatic heterocycles. The molecule has 1 unspecified atom stereocenters. The van der Waals surface area contributed by atoms with Crippen LogP contribution >= 0.6 is 11.6 Å². The van der Waals surface area contributed by atoms with E-state index in [4.69, 9.17) is 16.1 Å². The molecule has 0 radical (unpaired) electrons. The van der Waals surface area contributed by atoms with Crippen LogP contribution in [0.4, 0.5) is 4.39 Å². The zero-order valence-electron chi connectivity index (χ0n) is 14.4. The number of rotatable bonds is 5. The Hall–Kier alpha value is -2.20. The molecule has 1 aliphatic rings. The lowest BCUT2D eigenvalue weighted by Crippen LogP contribution is -2.12. The fourth-order valence-electron chi connectivity index (χ4n) is 3.89. The van der Waals surface area contributed by atoms with E-state index in [1.807, 2.05) is 18.2 Å². The average molecular weight is 371 g/mol.